The first kappa shape index (κ1) is 16.2. The van der Waals surface area contributed by atoms with Gasteiger partial charge in [-0.25, -0.2) is 4.98 Å². The molecule has 0 amide bonds. The molecule has 1 aliphatic rings. The van der Waals surface area contributed by atoms with Crippen molar-refractivity contribution < 1.29 is 4.74 Å². The number of hydrogen-bond acceptors (Lipinski definition) is 7. The summed E-state index contributed by atoms with van der Waals surface area (Å²) >= 11 is 1.62. The van der Waals surface area contributed by atoms with Crippen molar-refractivity contribution in [3.63, 3.8) is 0 Å². The van der Waals surface area contributed by atoms with Crippen LogP contribution in [0, 0.1) is 6.92 Å². The maximum atomic E-state index is 5.99. The highest BCUT2D eigenvalue weighted by atomic mass is 32.1. The Labute approximate surface area is 150 Å². The molecule has 7 nitrogen and oxygen atoms in total. The first-order valence-electron chi connectivity index (χ1n) is 8.22. The monoisotopic (exact) mass is 356 g/mol. The van der Waals surface area contributed by atoms with Gasteiger partial charge in [0.1, 0.15) is 5.01 Å². The van der Waals surface area contributed by atoms with Crippen molar-refractivity contribution in [1.82, 2.24) is 24.7 Å². The van der Waals surface area contributed by atoms with E-state index in [1.165, 1.54) is 5.69 Å². The van der Waals surface area contributed by atoms with Crippen LogP contribution in [0.4, 0.5) is 5.13 Å². The van der Waals surface area contributed by atoms with Crippen LogP contribution >= 0.6 is 11.3 Å². The van der Waals surface area contributed by atoms with Gasteiger partial charge in [0.05, 0.1) is 31.8 Å². The van der Waals surface area contributed by atoms with Crippen molar-refractivity contribution >= 4 is 16.5 Å². The second-order valence-corrected chi connectivity index (χ2v) is 7.41. The molecule has 1 aliphatic heterocycles. The van der Waals surface area contributed by atoms with Gasteiger partial charge in [-0.2, -0.15) is 0 Å². The summed E-state index contributed by atoms with van der Waals surface area (Å²) in [5.74, 6) is 0.247. The second kappa shape index (κ2) is 6.89. The van der Waals surface area contributed by atoms with Crippen molar-refractivity contribution in [2.45, 2.75) is 26.0 Å². The standard InChI is InChI=1S/C17H20N6OS/c1-12-20-21-17(25-12)23-7-14(16-15(8-23)19-11-22(16)2)10-24-9-13-4-3-5-18-6-13/h3-6,11,14H,7-10H2,1-2H3/t14-/m0/s1. The Morgan fingerprint density at radius 1 is 1.36 bits per heavy atom. The smallest absolute Gasteiger partial charge is 0.208 e. The molecule has 4 rings (SSSR count). The van der Waals surface area contributed by atoms with Gasteiger partial charge in [-0.15, -0.1) is 10.2 Å². The number of hydrogen-bond donors (Lipinski definition) is 0. The van der Waals surface area contributed by atoms with Crippen molar-refractivity contribution in [2.75, 3.05) is 18.1 Å². The van der Waals surface area contributed by atoms with Crippen molar-refractivity contribution in [3.05, 3.63) is 52.8 Å². The quantitative estimate of drug-likeness (QED) is 0.699. The molecule has 0 fully saturated rings. The predicted molar refractivity (Wildman–Crippen MR) is 95.5 cm³/mol. The molecule has 0 saturated heterocycles. The van der Waals surface area contributed by atoms with Crippen LogP contribution in [-0.2, 0) is 24.9 Å². The van der Waals surface area contributed by atoms with E-state index in [4.69, 9.17) is 4.74 Å². The molecular weight excluding hydrogens is 336 g/mol. The molecular formula is C17H20N6OS. The Balaban J connectivity index is 1.49. The van der Waals surface area contributed by atoms with Crippen LogP contribution in [0.15, 0.2) is 30.9 Å². The lowest BCUT2D eigenvalue weighted by Crippen LogP contribution is -2.36. The minimum absolute atomic E-state index is 0.247. The zero-order valence-electron chi connectivity index (χ0n) is 14.3. The van der Waals surface area contributed by atoms with E-state index >= 15 is 0 Å². The average Bonchev–Trinajstić information content (AvgIpc) is 3.22. The lowest BCUT2D eigenvalue weighted by molar-refractivity contribution is 0.104. The first-order valence-corrected chi connectivity index (χ1v) is 9.04. The van der Waals surface area contributed by atoms with Crippen LogP contribution in [0.1, 0.15) is 27.9 Å². The molecule has 0 aromatic carbocycles. The number of rotatable bonds is 5. The Bertz CT molecular complexity index is 846. The molecule has 3 aromatic heterocycles. The summed E-state index contributed by atoms with van der Waals surface area (Å²) < 4.78 is 8.10. The topological polar surface area (TPSA) is 69.0 Å². The van der Waals surface area contributed by atoms with Gasteiger partial charge in [0.25, 0.3) is 0 Å². The fourth-order valence-electron chi connectivity index (χ4n) is 3.23. The van der Waals surface area contributed by atoms with Gasteiger partial charge in [-0.3, -0.25) is 4.98 Å². The molecule has 8 heteroatoms. The number of aryl methyl sites for hydroxylation is 2. The number of ether oxygens (including phenoxy) is 1. The molecule has 4 heterocycles. The summed E-state index contributed by atoms with van der Waals surface area (Å²) in [5, 5.41) is 10.4. The summed E-state index contributed by atoms with van der Waals surface area (Å²) in [5.41, 5.74) is 3.43. The molecule has 0 bridgehead atoms. The summed E-state index contributed by atoms with van der Waals surface area (Å²) in [7, 11) is 2.05. The third-order valence-corrected chi connectivity index (χ3v) is 5.23. The lowest BCUT2D eigenvalue weighted by Gasteiger charge is -2.32. The minimum atomic E-state index is 0.247. The van der Waals surface area contributed by atoms with Crippen LogP contribution in [0.2, 0.25) is 0 Å². The zero-order chi connectivity index (χ0) is 17.2. The van der Waals surface area contributed by atoms with Gasteiger partial charge in [0.15, 0.2) is 0 Å². The van der Waals surface area contributed by atoms with E-state index in [1.807, 2.05) is 38.6 Å². The van der Waals surface area contributed by atoms with Crippen LogP contribution in [0.3, 0.4) is 0 Å². The molecule has 3 aromatic rings. The van der Waals surface area contributed by atoms with Gasteiger partial charge in [-0.05, 0) is 18.6 Å². The van der Waals surface area contributed by atoms with E-state index in [0.29, 0.717) is 13.2 Å². The molecule has 0 saturated carbocycles. The third-order valence-electron chi connectivity index (χ3n) is 4.33. The molecule has 0 spiro atoms. The molecule has 25 heavy (non-hydrogen) atoms. The highest BCUT2D eigenvalue weighted by Gasteiger charge is 2.30. The minimum Gasteiger partial charge on any atom is -0.376 e. The van der Waals surface area contributed by atoms with E-state index in [9.17, 15) is 0 Å². The Kier molecular flexibility index (Phi) is 4.46. The number of anilines is 1. The van der Waals surface area contributed by atoms with Gasteiger partial charge in [0, 0.05) is 37.6 Å². The van der Waals surface area contributed by atoms with Gasteiger partial charge in [-0.1, -0.05) is 17.4 Å². The first-order chi connectivity index (χ1) is 12.2. The normalized spacial score (nSPS) is 16.9. The third kappa shape index (κ3) is 3.40. The van der Waals surface area contributed by atoms with Gasteiger partial charge >= 0.3 is 0 Å². The fourth-order valence-corrected chi connectivity index (χ4v) is 3.92. The van der Waals surface area contributed by atoms with Gasteiger partial charge in [0.2, 0.25) is 5.13 Å². The molecule has 0 N–H and O–H groups in total. The lowest BCUT2D eigenvalue weighted by atomic mass is 9.99. The molecule has 1 atom stereocenters. The maximum absolute atomic E-state index is 5.99. The number of aromatic nitrogens is 5. The number of fused-ring (bicyclic) bond motifs is 1. The van der Waals surface area contributed by atoms with Crippen LogP contribution < -0.4 is 4.90 Å². The van der Waals surface area contributed by atoms with E-state index < -0.39 is 0 Å². The summed E-state index contributed by atoms with van der Waals surface area (Å²) in [6.07, 6.45) is 5.49. The van der Waals surface area contributed by atoms with Gasteiger partial charge < -0.3 is 14.2 Å². The van der Waals surface area contributed by atoms with E-state index in [1.54, 1.807) is 17.5 Å². The Hall–Kier alpha value is -2.32. The number of pyridine rings is 1. The highest BCUT2D eigenvalue weighted by molar-refractivity contribution is 7.15. The summed E-state index contributed by atoms with van der Waals surface area (Å²) in [4.78, 5) is 10.9. The van der Waals surface area contributed by atoms with E-state index in [2.05, 4.69) is 29.6 Å². The number of imidazole rings is 1. The average molecular weight is 356 g/mol. The Morgan fingerprint density at radius 3 is 3.04 bits per heavy atom. The van der Waals surface area contributed by atoms with Crippen LogP contribution in [-0.4, -0.2) is 37.9 Å². The van der Waals surface area contributed by atoms with E-state index in [-0.39, 0.29) is 5.92 Å². The number of nitrogens with zero attached hydrogens (tertiary/aromatic N) is 6. The summed E-state index contributed by atoms with van der Waals surface area (Å²) in [6.45, 7) is 4.80. The molecule has 0 aliphatic carbocycles. The predicted octanol–water partition coefficient (Wildman–Crippen LogP) is 2.30. The van der Waals surface area contributed by atoms with Crippen molar-refractivity contribution in [1.29, 1.82) is 0 Å². The molecule has 0 unspecified atom stereocenters. The second-order valence-electron chi connectivity index (χ2n) is 6.24. The van der Waals surface area contributed by atoms with Crippen molar-refractivity contribution in [2.24, 2.45) is 7.05 Å². The zero-order valence-corrected chi connectivity index (χ0v) is 15.1. The fraction of sp³-hybridized carbons (Fsp3) is 0.412. The molecule has 130 valence electrons. The highest BCUT2D eigenvalue weighted by Crippen LogP contribution is 2.32. The Morgan fingerprint density at radius 2 is 2.28 bits per heavy atom. The maximum Gasteiger partial charge on any atom is 0.208 e. The largest absolute Gasteiger partial charge is 0.376 e. The summed E-state index contributed by atoms with van der Waals surface area (Å²) in [6, 6.07) is 3.96. The van der Waals surface area contributed by atoms with E-state index in [0.717, 1.165) is 34.5 Å². The SMILES string of the molecule is Cc1nnc(N2Cc3ncn(C)c3[C@H](COCc3cccnc3)C2)s1. The van der Waals surface area contributed by atoms with Crippen molar-refractivity contribution in [3.8, 4) is 0 Å². The molecule has 0 radical (unpaired) electrons. The van der Waals surface area contributed by atoms with Crippen LogP contribution in [0.25, 0.3) is 0 Å². The van der Waals surface area contributed by atoms with Crippen LogP contribution in [0.5, 0.6) is 0 Å².